The van der Waals surface area contributed by atoms with Crippen molar-refractivity contribution in [1.29, 1.82) is 0 Å². The highest BCUT2D eigenvalue weighted by Gasteiger charge is 2.10. The van der Waals surface area contributed by atoms with Crippen LogP contribution in [0.1, 0.15) is 38.5 Å². The van der Waals surface area contributed by atoms with E-state index in [0.717, 1.165) is 25.9 Å². The molecule has 80 valence electrons. The molecule has 1 rings (SSSR count). The van der Waals surface area contributed by atoms with Crippen LogP contribution in [0.15, 0.2) is 0 Å². The van der Waals surface area contributed by atoms with Gasteiger partial charge in [0.1, 0.15) is 0 Å². The Labute approximate surface area is 87.8 Å². The molecule has 0 aromatic heterocycles. The van der Waals surface area contributed by atoms with Gasteiger partial charge >= 0.3 is 0 Å². The number of rotatable bonds is 6. The lowest BCUT2D eigenvalue weighted by molar-refractivity contribution is 0.382. The minimum absolute atomic E-state index is 0.705. The van der Waals surface area contributed by atoms with Crippen LogP contribution in [-0.4, -0.2) is 25.7 Å². The van der Waals surface area contributed by atoms with Gasteiger partial charge in [-0.05, 0) is 38.8 Å². The second kappa shape index (κ2) is 7.84. The highest BCUT2D eigenvalue weighted by atomic mass is 15.0. The molecule has 2 nitrogen and oxygen atoms in total. The third kappa shape index (κ3) is 5.26. The lowest BCUT2D eigenvalue weighted by Crippen LogP contribution is -2.41. The van der Waals surface area contributed by atoms with E-state index in [4.69, 9.17) is 6.42 Å². The molecule has 0 aliphatic carbocycles. The summed E-state index contributed by atoms with van der Waals surface area (Å²) in [5, 5.41) is 7.01. The van der Waals surface area contributed by atoms with E-state index in [1.165, 1.54) is 32.2 Å². The van der Waals surface area contributed by atoms with Crippen LogP contribution in [0.2, 0.25) is 0 Å². The minimum atomic E-state index is 0.705. The topological polar surface area (TPSA) is 24.1 Å². The summed E-state index contributed by atoms with van der Waals surface area (Å²) < 4.78 is 0. The molecule has 14 heavy (non-hydrogen) atoms. The lowest BCUT2D eigenvalue weighted by atomic mass is 10.1. The van der Waals surface area contributed by atoms with Crippen molar-refractivity contribution in [3.63, 3.8) is 0 Å². The van der Waals surface area contributed by atoms with Gasteiger partial charge < -0.3 is 10.6 Å². The summed E-state index contributed by atoms with van der Waals surface area (Å²) in [6, 6.07) is 0.705. The molecule has 0 spiro atoms. The maximum Gasteiger partial charge on any atom is 0.0192 e. The van der Waals surface area contributed by atoms with Crippen LogP contribution in [0.25, 0.3) is 0 Å². The van der Waals surface area contributed by atoms with E-state index in [1.54, 1.807) is 0 Å². The van der Waals surface area contributed by atoms with Crippen molar-refractivity contribution in [2.45, 2.75) is 44.6 Å². The number of terminal acetylenes is 1. The molecule has 1 atom stereocenters. The maximum atomic E-state index is 5.18. The maximum absolute atomic E-state index is 5.18. The van der Waals surface area contributed by atoms with Crippen molar-refractivity contribution >= 4 is 0 Å². The van der Waals surface area contributed by atoms with Gasteiger partial charge in [-0.1, -0.05) is 6.42 Å². The van der Waals surface area contributed by atoms with Crippen LogP contribution in [0, 0.1) is 12.3 Å². The van der Waals surface area contributed by atoms with E-state index in [0.29, 0.717) is 6.04 Å². The summed E-state index contributed by atoms with van der Waals surface area (Å²) >= 11 is 0. The van der Waals surface area contributed by atoms with Gasteiger partial charge in [0.15, 0.2) is 0 Å². The van der Waals surface area contributed by atoms with Gasteiger partial charge in [0.25, 0.3) is 0 Å². The van der Waals surface area contributed by atoms with Crippen molar-refractivity contribution < 1.29 is 0 Å². The van der Waals surface area contributed by atoms with E-state index >= 15 is 0 Å². The fourth-order valence-electron chi connectivity index (χ4n) is 1.85. The first kappa shape index (κ1) is 11.6. The molecule has 0 aromatic carbocycles. The highest BCUT2D eigenvalue weighted by molar-refractivity contribution is 4.83. The van der Waals surface area contributed by atoms with Crippen LogP contribution in [0.5, 0.6) is 0 Å². The van der Waals surface area contributed by atoms with Crippen molar-refractivity contribution in [1.82, 2.24) is 10.6 Å². The van der Waals surface area contributed by atoms with Crippen molar-refractivity contribution in [2.24, 2.45) is 0 Å². The number of unbranched alkanes of at least 4 members (excludes halogenated alkanes) is 2. The average Bonchev–Trinajstić information content (AvgIpc) is 2.25. The molecule has 0 radical (unpaired) electrons. The fraction of sp³-hybridized carbons (Fsp3) is 0.833. The van der Waals surface area contributed by atoms with Crippen LogP contribution < -0.4 is 10.6 Å². The molecular formula is C12H22N2. The molecule has 0 saturated carbocycles. The van der Waals surface area contributed by atoms with Gasteiger partial charge in [0, 0.05) is 19.0 Å². The van der Waals surface area contributed by atoms with Crippen molar-refractivity contribution in [3.05, 3.63) is 0 Å². The van der Waals surface area contributed by atoms with Crippen molar-refractivity contribution in [2.75, 3.05) is 19.6 Å². The normalized spacial score (nSPS) is 21.8. The molecule has 1 saturated heterocycles. The highest BCUT2D eigenvalue weighted by Crippen LogP contribution is 2.05. The Balaban J connectivity index is 1.85. The smallest absolute Gasteiger partial charge is 0.0192 e. The molecule has 0 aromatic rings. The van der Waals surface area contributed by atoms with E-state index in [9.17, 15) is 0 Å². The SMILES string of the molecule is C#CCCCCNCC1CCCCN1. The van der Waals surface area contributed by atoms with Gasteiger partial charge in [-0.3, -0.25) is 0 Å². The number of piperidine rings is 1. The third-order valence-corrected chi connectivity index (χ3v) is 2.73. The lowest BCUT2D eigenvalue weighted by Gasteiger charge is -2.23. The molecular weight excluding hydrogens is 172 g/mol. The predicted octanol–water partition coefficient (Wildman–Crippen LogP) is 1.52. The molecule has 1 aliphatic rings. The number of hydrogen-bond acceptors (Lipinski definition) is 2. The summed E-state index contributed by atoms with van der Waals surface area (Å²) in [4.78, 5) is 0. The van der Waals surface area contributed by atoms with Gasteiger partial charge in [-0.25, -0.2) is 0 Å². The molecule has 0 bridgehead atoms. The Kier molecular flexibility index (Phi) is 6.47. The first-order chi connectivity index (χ1) is 6.93. The second-order valence-electron chi connectivity index (χ2n) is 4.01. The summed E-state index contributed by atoms with van der Waals surface area (Å²) in [6.07, 6.45) is 12.5. The molecule has 1 heterocycles. The Bertz CT molecular complexity index is 166. The van der Waals surface area contributed by atoms with Gasteiger partial charge in [0.2, 0.25) is 0 Å². The van der Waals surface area contributed by atoms with Crippen LogP contribution >= 0.6 is 0 Å². The predicted molar refractivity (Wildman–Crippen MR) is 61.2 cm³/mol. The zero-order valence-electron chi connectivity index (χ0n) is 9.02. The van der Waals surface area contributed by atoms with Crippen LogP contribution in [0.4, 0.5) is 0 Å². The first-order valence-corrected chi connectivity index (χ1v) is 5.81. The van der Waals surface area contributed by atoms with Gasteiger partial charge in [-0.2, -0.15) is 0 Å². The molecule has 1 aliphatic heterocycles. The summed E-state index contributed by atoms with van der Waals surface area (Å²) in [5.41, 5.74) is 0. The molecule has 1 fully saturated rings. The zero-order chi connectivity index (χ0) is 10.1. The molecule has 1 unspecified atom stereocenters. The summed E-state index contributed by atoms with van der Waals surface area (Å²) in [5.74, 6) is 2.67. The minimum Gasteiger partial charge on any atom is -0.315 e. The van der Waals surface area contributed by atoms with E-state index in [-0.39, 0.29) is 0 Å². The zero-order valence-corrected chi connectivity index (χ0v) is 9.02. The van der Waals surface area contributed by atoms with Gasteiger partial charge in [0.05, 0.1) is 0 Å². The standard InChI is InChI=1S/C12H22N2/c1-2-3-4-6-9-13-11-12-8-5-7-10-14-12/h1,12-14H,3-11H2. The molecule has 2 heteroatoms. The number of nitrogens with one attached hydrogen (secondary N) is 2. The van der Waals surface area contributed by atoms with Crippen LogP contribution in [0.3, 0.4) is 0 Å². The molecule has 0 amide bonds. The largest absolute Gasteiger partial charge is 0.315 e. The summed E-state index contributed by atoms with van der Waals surface area (Å²) in [6.45, 7) is 3.43. The van der Waals surface area contributed by atoms with E-state index < -0.39 is 0 Å². The quantitative estimate of drug-likeness (QED) is 0.495. The first-order valence-electron chi connectivity index (χ1n) is 5.81. The van der Waals surface area contributed by atoms with E-state index in [2.05, 4.69) is 16.6 Å². The Morgan fingerprint density at radius 1 is 1.36 bits per heavy atom. The van der Waals surface area contributed by atoms with Crippen LogP contribution in [-0.2, 0) is 0 Å². The fourth-order valence-corrected chi connectivity index (χ4v) is 1.85. The number of hydrogen-bond donors (Lipinski definition) is 2. The summed E-state index contributed by atoms with van der Waals surface area (Å²) in [7, 11) is 0. The molecule has 2 N–H and O–H groups in total. The second-order valence-corrected chi connectivity index (χ2v) is 4.01. The third-order valence-electron chi connectivity index (χ3n) is 2.73. The monoisotopic (exact) mass is 194 g/mol. The Hall–Kier alpha value is -0.520. The van der Waals surface area contributed by atoms with E-state index in [1.807, 2.05) is 0 Å². The Morgan fingerprint density at radius 3 is 3.00 bits per heavy atom. The van der Waals surface area contributed by atoms with Crippen molar-refractivity contribution in [3.8, 4) is 12.3 Å². The van der Waals surface area contributed by atoms with Gasteiger partial charge in [-0.15, -0.1) is 12.3 Å². The average molecular weight is 194 g/mol. The Morgan fingerprint density at radius 2 is 2.29 bits per heavy atom.